The fourth-order valence-electron chi connectivity index (χ4n) is 3.96. The molecule has 10 nitrogen and oxygen atoms in total. The number of alkyl carbamates (subject to hydrolysis) is 1. The first-order chi connectivity index (χ1) is 16.0. The van der Waals surface area contributed by atoms with E-state index in [9.17, 15) is 19.2 Å². The molecular weight excluding hydrogens is 438 g/mol. The summed E-state index contributed by atoms with van der Waals surface area (Å²) in [7, 11) is 0. The predicted octanol–water partition coefficient (Wildman–Crippen LogP) is 1.79. The summed E-state index contributed by atoms with van der Waals surface area (Å²) in [5, 5.41) is 8.59. The Balaban J connectivity index is 1.85. The molecule has 1 saturated heterocycles. The number of hydrogen-bond donors (Lipinski definition) is 3. The lowest BCUT2D eigenvalue weighted by molar-refractivity contribution is -0.147. The minimum atomic E-state index is -0.866. The fourth-order valence-corrected chi connectivity index (χ4v) is 3.96. The molecule has 3 N–H and O–H groups in total. The molecule has 0 aromatic heterocycles. The molecule has 2 heterocycles. The highest BCUT2D eigenvalue weighted by atomic mass is 16.6. The molecule has 182 valence electrons. The van der Waals surface area contributed by atoms with Crippen molar-refractivity contribution in [3.8, 4) is 0 Å². The molecule has 2 unspecified atom stereocenters. The molecule has 34 heavy (non-hydrogen) atoms. The quantitative estimate of drug-likeness (QED) is 0.430. The summed E-state index contributed by atoms with van der Waals surface area (Å²) in [6, 6.07) is 9.18. The normalized spacial score (nSPS) is 23.5. The van der Waals surface area contributed by atoms with Crippen molar-refractivity contribution in [3.63, 3.8) is 0 Å². The second kappa shape index (κ2) is 10.1. The number of nitrogens with zero attached hydrogens (tertiary/aromatic N) is 2. The largest absolute Gasteiger partial charge is 0.444 e. The first-order valence-electron chi connectivity index (χ1n) is 11.2. The first kappa shape index (κ1) is 24.9. The molecule has 2 aliphatic heterocycles. The van der Waals surface area contributed by atoms with Crippen LogP contribution in [0.1, 0.15) is 52.1 Å². The monoisotopic (exact) mass is 469 g/mol. The van der Waals surface area contributed by atoms with Crippen molar-refractivity contribution < 1.29 is 23.9 Å². The molecule has 1 fully saturated rings. The molecule has 0 bridgehead atoms. The third-order valence-electron chi connectivity index (χ3n) is 5.43. The summed E-state index contributed by atoms with van der Waals surface area (Å²) in [5.41, 5.74) is -0.532. The number of amides is 4. The van der Waals surface area contributed by atoms with Gasteiger partial charge in [0.15, 0.2) is 0 Å². The number of imide groups is 1. The number of benzene rings is 1. The van der Waals surface area contributed by atoms with Crippen molar-refractivity contribution >= 4 is 30.2 Å². The maximum absolute atomic E-state index is 12.9. The van der Waals surface area contributed by atoms with Gasteiger partial charge in [0.05, 0.1) is 11.9 Å². The van der Waals surface area contributed by atoms with E-state index < -0.39 is 35.0 Å². The van der Waals surface area contributed by atoms with Gasteiger partial charge < -0.3 is 20.7 Å². The average Bonchev–Trinajstić information content (AvgIpc) is 3.16. The van der Waals surface area contributed by atoms with Crippen LogP contribution in [0.25, 0.3) is 0 Å². The van der Waals surface area contributed by atoms with Crippen molar-refractivity contribution in [2.45, 2.75) is 57.7 Å². The molecule has 0 aliphatic carbocycles. The van der Waals surface area contributed by atoms with E-state index in [-0.39, 0.29) is 18.3 Å². The van der Waals surface area contributed by atoms with Gasteiger partial charge in [-0.2, -0.15) is 0 Å². The SMILES string of the molecule is CC(=O)N1CC(=O)N/C(=C\C2(CCCNC(=O)OC(C)(C)C)NC=NC2c2ccccc2)C1=O. The second-order valence-electron chi connectivity index (χ2n) is 9.32. The zero-order valence-electron chi connectivity index (χ0n) is 19.9. The summed E-state index contributed by atoms with van der Waals surface area (Å²) in [6.45, 7) is 6.64. The first-order valence-corrected chi connectivity index (χ1v) is 11.2. The zero-order chi connectivity index (χ0) is 24.9. The lowest BCUT2D eigenvalue weighted by Crippen LogP contribution is -2.53. The van der Waals surface area contributed by atoms with Gasteiger partial charge >= 0.3 is 6.09 Å². The summed E-state index contributed by atoms with van der Waals surface area (Å²) < 4.78 is 5.28. The van der Waals surface area contributed by atoms with Crippen molar-refractivity contribution in [1.82, 2.24) is 20.9 Å². The van der Waals surface area contributed by atoms with Crippen LogP contribution in [0.2, 0.25) is 0 Å². The van der Waals surface area contributed by atoms with Gasteiger partial charge in [-0.3, -0.25) is 24.3 Å². The number of rotatable bonds is 6. The van der Waals surface area contributed by atoms with Crippen LogP contribution >= 0.6 is 0 Å². The van der Waals surface area contributed by atoms with Crippen LogP contribution in [0.4, 0.5) is 4.79 Å². The topological polar surface area (TPSA) is 129 Å². The van der Waals surface area contributed by atoms with Gasteiger partial charge in [0.2, 0.25) is 11.8 Å². The second-order valence-corrected chi connectivity index (χ2v) is 9.32. The van der Waals surface area contributed by atoms with Gasteiger partial charge in [-0.1, -0.05) is 30.3 Å². The lowest BCUT2D eigenvalue weighted by atomic mass is 9.81. The Bertz CT molecular complexity index is 1010. The van der Waals surface area contributed by atoms with Crippen LogP contribution in [0.5, 0.6) is 0 Å². The smallest absolute Gasteiger partial charge is 0.407 e. The minimum absolute atomic E-state index is 0.0190. The van der Waals surface area contributed by atoms with Crippen LogP contribution in [0.15, 0.2) is 47.1 Å². The van der Waals surface area contributed by atoms with Gasteiger partial charge in [-0.15, -0.1) is 0 Å². The molecular formula is C24H31N5O5. The molecule has 0 radical (unpaired) electrons. The predicted molar refractivity (Wildman–Crippen MR) is 126 cm³/mol. The van der Waals surface area contributed by atoms with Gasteiger partial charge in [0.1, 0.15) is 23.9 Å². The van der Waals surface area contributed by atoms with Crippen LogP contribution in [-0.4, -0.2) is 59.3 Å². The Morgan fingerprint density at radius 2 is 1.97 bits per heavy atom. The number of carbonyl (C=O) groups excluding carboxylic acids is 4. The van der Waals surface area contributed by atoms with E-state index in [2.05, 4.69) is 20.9 Å². The van der Waals surface area contributed by atoms with Crippen molar-refractivity contribution in [3.05, 3.63) is 47.7 Å². The Labute approximate surface area is 198 Å². The molecule has 2 atom stereocenters. The average molecular weight is 470 g/mol. The summed E-state index contributed by atoms with van der Waals surface area (Å²) >= 11 is 0. The highest BCUT2D eigenvalue weighted by molar-refractivity contribution is 6.10. The molecule has 1 aromatic carbocycles. The lowest BCUT2D eigenvalue weighted by Gasteiger charge is -2.35. The Hall–Kier alpha value is -3.69. The maximum Gasteiger partial charge on any atom is 0.407 e. The fraction of sp³-hybridized carbons (Fsp3) is 0.458. The van der Waals surface area contributed by atoms with Gasteiger partial charge in [0, 0.05) is 13.5 Å². The van der Waals surface area contributed by atoms with Crippen LogP contribution in [0, 0.1) is 0 Å². The Morgan fingerprint density at radius 1 is 1.26 bits per heavy atom. The van der Waals surface area contributed by atoms with E-state index in [1.165, 1.54) is 6.92 Å². The summed E-state index contributed by atoms with van der Waals surface area (Å²) in [5.74, 6) is -1.52. The third-order valence-corrected chi connectivity index (χ3v) is 5.43. The van der Waals surface area contributed by atoms with E-state index >= 15 is 0 Å². The highest BCUT2D eigenvalue weighted by Crippen LogP contribution is 2.38. The van der Waals surface area contributed by atoms with E-state index in [0.717, 1.165) is 10.5 Å². The van der Waals surface area contributed by atoms with Crippen molar-refractivity contribution in [2.75, 3.05) is 13.1 Å². The molecule has 3 rings (SSSR count). The van der Waals surface area contributed by atoms with Crippen molar-refractivity contribution in [2.24, 2.45) is 4.99 Å². The number of ether oxygens (including phenoxy) is 1. The standard InChI is InChI=1S/C24H31N5O5/c1-16(30)29-14-19(31)28-18(21(29)32)13-24(11-8-12-25-22(33)34-23(2,3)4)20(26-15-27-24)17-9-6-5-7-10-17/h5-7,9-10,13,15,20H,8,11-12,14H2,1-4H3,(H,25,33)(H,26,27)(H,28,31)/b18-13-. The third kappa shape index (κ3) is 6.00. The molecule has 4 amide bonds. The van der Waals surface area contributed by atoms with E-state index in [1.54, 1.807) is 33.2 Å². The number of hydrogen-bond acceptors (Lipinski definition) is 7. The molecule has 10 heteroatoms. The number of nitrogens with one attached hydrogen (secondary N) is 3. The number of carbonyl (C=O) groups is 4. The van der Waals surface area contributed by atoms with E-state index in [4.69, 9.17) is 4.74 Å². The van der Waals surface area contributed by atoms with Crippen molar-refractivity contribution in [1.29, 1.82) is 0 Å². The van der Waals surface area contributed by atoms with E-state index in [0.29, 0.717) is 19.4 Å². The number of aliphatic imine (C=N–C) groups is 1. The van der Waals surface area contributed by atoms with Crippen LogP contribution in [-0.2, 0) is 19.1 Å². The minimum Gasteiger partial charge on any atom is -0.444 e. The van der Waals surface area contributed by atoms with Gasteiger partial charge in [-0.05, 0) is 45.3 Å². The summed E-state index contributed by atoms with van der Waals surface area (Å²) in [4.78, 5) is 54.5. The summed E-state index contributed by atoms with van der Waals surface area (Å²) in [6.07, 6.45) is 3.70. The Kier molecular flexibility index (Phi) is 7.38. The molecule has 2 aliphatic rings. The van der Waals surface area contributed by atoms with Gasteiger partial charge in [0.25, 0.3) is 5.91 Å². The van der Waals surface area contributed by atoms with Gasteiger partial charge in [-0.25, -0.2) is 4.79 Å². The molecule has 1 aromatic rings. The van der Waals surface area contributed by atoms with Crippen LogP contribution in [0.3, 0.4) is 0 Å². The zero-order valence-corrected chi connectivity index (χ0v) is 19.9. The molecule has 0 spiro atoms. The molecule has 0 saturated carbocycles. The van der Waals surface area contributed by atoms with Crippen LogP contribution < -0.4 is 16.0 Å². The highest BCUT2D eigenvalue weighted by Gasteiger charge is 2.42. The van der Waals surface area contributed by atoms with E-state index in [1.807, 2.05) is 30.3 Å². The maximum atomic E-state index is 12.9. The number of piperazine rings is 1. The Morgan fingerprint density at radius 3 is 2.62 bits per heavy atom.